The molecule has 0 amide bonds. The van der Waals surface area contributed by atoms with Gasteiger partial charge in [-0.25, -0.2) is 9.97 Å². The quantitative estimate of drug-likeness (QED) is 0.813. The number of hydrogen-bond acceptors (Lipinski definition) is 5. The standard InChI is InChI=1S/C12H20N4O/c1-5-6-13-11-7-12(15-10(3)14-11)16(4)8-9(2)17/h7H,5-6,8H2,1-4H3,(H,13,14,15). The van der Waals surface area contributed by atoms with Crippen LogP contribution < -0.4 is 10.2 Å². The fraction of sp³-hybridized carbons (Fsp3) is 0.583. The molecule has 0 saturated heterocycles. The van der Waals surface area contributed by atoms with Crippen molar-refractivity contribution in [3.63, 3.8) is 0 Å². The number of nitrogens with one attached hydrogen (secondary N) is 1. The van der Waals surface area contributed by atoms with Gasteiger partial charge in [0.05, 0.1) is 6.54 Å². The van der Waals surface area contributed by atoms with Gasteiger partial charge in [-0.05, 0) is 20.3 Å². The summed E-state index contributed by atoms with van der Waals surface area (Å²) >= 11 is 0. The number of likely N-dealkylation sites (N-methyl/N-ethyl adjacent to an activating group) is 1. The van der Waals surface area contributed by atoms with Crippen molar-refractivity contribution in [2.24, 2.45) is 0 Å². The lowest BCUT2D eigenvalue weighted by Crippen LogP contribution is -2.25. The van der Waals surface area contributed by atoms with Gasteiger partial charge in [-0.15, -0.1) is 0 Å². The fourth-order valence-corrected chi connectivity index (χ4v) is 1.51. The number of carbonyl (C=O) groups excluding carboxylic acids is 1. The van der Waals surface area contributed by atoms with Gasteiger partial charge in [-0.1, -0.05) is 6.92 Å². The van der Waals surface area contributed by atoms with Crippen LogP contribution >= 0.6 is 0 Å². The molecule has 1 heterocycles. The lowest BCUT2D eigenvalue weighted by molar-refractivity contribution is -0.115. The molecule has 0 atom stereocenters. The topological polar surface area (TPSA) is 58.1 Å². The van der Waals surface area contributed by atoms with Crippen LogP contribution in [-0.2, 0) is 4.79 Å². The van der Waals surface area contributed by atoms with Crippen molar-refractivity contribution in [3.8, 4) is 0 Å². The Labute approximate surface area is 102 Å². The van der Waals surface area contributed by atoms with E-state index >= 15 is 0 Å². The normalized spacial score (nSPS) is 10.1. The van der Waals surface area contributed by atoms with Crippen molar-refractivity contribution in [1.29, 1.82) is 0 Å². The van der Waals surface area contributed by atoms with E-state index in [1.165, 1.54) is 0 Å². The predicted molar refractivity (Wildman–Crippen MR) is 69.5 cm³/mol. The summed E-state index contributed by atoms with van der Waals surface area (Å²) in [6, 6.07) is 1.87. The number of aromatic nitrogens is 2. The second-order valence-electron chi connectivity index (χ2n) is 4.14. The Balaban J connectivity index is 2.84. The molecule has 0 fully saturated rings. The van der Waals surface area contributed by atoms with Gasteiger partial charge in [0, 0.05) is 19.7 Å². The Morgan fingerprint density at radius 3 is 2.76 bits per heavy atom. The molecule has 0 unspecified atom stereocenters. The molecule has 1 rings (SSSR count). The average Bonchev–Trinajstić information content (AvgIpc) is 2.24. The number of carbonyl (C=O) groups is 1. The van der Waals surface area contributed by atoms with Crippen LogP contribution in [0.2, 0.25) is 0 Å². The first kappa shape index (κ1) is 13.4. The van der Waals surface area contributed by atoms with E-state index in [-0.39, 0.29) is 5.78 Å². The highest BCUT2D eigenvalue weighted by Crippen LogP contribution is 2.14. The van der Waals surface area contributed by atoms with Crippen LogP contribution in [0.4, 0.5) is 11.6 Å². The van der Waals surface area contributed by atoms with E-state index in [2.05, 4.69) is 22.2 Å². The van der Waals surface area contributed by atoms with Crippen LogP contribution in [0.25, 0.3) is 0 Å². The van der Waals surface area contributed by atoms with Crippen LogP contribution in [-0.4, -0.2) is 35.9 Å². The second kappa shape index (κ2) is 6.18. The predicted octanol–water partition coefficient (Wildman–Crippen LogP) is 1.63. The third-order valence-corrected chi connectivity index (χ3v) is 2.23. The van der Waals surface area contributed by atoms with Crippen molar-refractivity contribution >= 4 is 17.4 Å². The number of anilines is 2. The summed E-state index contributed by atoms with van der Waals surface area (Å²) in [5.41, 5.74) is 0. The summed E-state index contributed by atoms with van der Waals surface area (Å²) in [7, 11) is 1.85. The minimum Gasteiger partial charge on any atom is -0.370 e. The zero-order valence-electron chi connectivity index (χ0n) is 10.9. The molecule has 1 aromatic heterocycles. The van der Waals surface area contributed by atoms with Crippen molar-refractivity contribution in [1.82, 2.24) is 9.97 Å². The molecule has 0 aliphatic carbocycles. The third-order valence-electron chi connectivity index (χ3n) is 2.23. The van der Waals surface area contributed by atoms with Gasteiger partial charge in [0.25, 0.3) is 0 Å². The average molecular weight is 236 g/mol. The van der Waals surface area contributed by atoms with E-state index in [0.29, 0.717) is 12.4 Å². The van der Waals surface area contributed by atoms with Gasteiger partial charge in [0.15, 0.2) is 0 Å². The number of nitrogens with zero attached hydrogens (tertiary/aromatic N) is 3. The van der Waals surface area contributed by atoms with E-state index in [4.69, 9.17) is 0 Å². The van der Waals surface area contributed by atoms with Crippen LogP contribution in [0.3, 0.4) is 0 Å². The third kappa shape index (κ3) is 4.38. The molecule has 0 spiro atoms. The molecule has 5 nitrogen and oxygen atoms in total. The van der Waals surface area contributed by atoms with E-state index in [1.807, 2.05) is 24.9 Å². The van der Waals surface area contributed by atoms with Gasteiger partial charge in [0.1, 0.15) is 23.2 Å². The minimum absolute atomic E-state index is 0.117. The molecule has 5 heteroatoms. The van der Waals surface area contributed by atoms with E-state index in [1.54, 1.807) is 6.92 Å². The zero-order valence-corrected chi connectivity index (χ0v) is 10.9. The van der Waals surface area contributed by atoms with Crippen LogP contribution in [0.5, 0.6) is 0 Å². The Bertz CT molecular complexity index is 392. The summed E-state index contributed by atoms with van der Waals surface area (Å²) in [6.07, 6.45) is 1.04. The zero-order chi connectivity index (χ0) is 12.8. The van der Waals surface area contributed by atoms with Crippen LogP contribution in [0.15, 0.2) is 6.07 Å². The number of hydrogen-bond donors (Lipinski definition) is 1. The largest absolute Gasteiger partial charge is 0.370 e. The van der Waals surface area contributed by atoms with Gasteiger partial charge in [-0.3, -0.25) is 4.79 Å². The molecule has 1 N–H and O–H groups in total. The summed E-state index contributed by atoms with van der Waals surface area (Å²) in [5.74, 6) is 2.40. The number of Topliss-reactive ketones (excluding diaryl/α,β-unsaturated/α-hetero) is 1. The van der Waals surface area contributed by atoms with Gasteiger partial charge >= 0.3 is 0 Å². The van der Waals surface area contributed by atoms with Crippen molar-refractivity contribution < 1.29 is 4.79 Å². The maximum absolute atomic E-state index is 11.1. The number of aryl methyl sites for hydroxylation is 1. The highest BCUT2D eigenvalue weighted by atomic mass is 16.1. The summed E-state index contributed by atoms with van der Waals surface area (Å²) in [4.78, 5) is 21.5. The number of rotatable bonds is 6. The first-order valence-electron chi connectivity index (χ1n) is 5.83. The summed E-state index contributed by atoms with van der Waals surface area (Å²) in [5, 5.41) is 3.22. The van der Waals surface area contributed by atoms with Gasteiger partial charge in [0.2, 0.25) is 0 Å². The summed E-state index contributed by atoms with van der Waals surface area (Å²) < 4.78 is 0. The monoisotopic (exact) mass is 236 g/mol. The molecule has 0 saturated carbocycles. The maximum Gasteiger partial charge on any atom is 0.149 e. The molecular weight excluding hydrogens is 216 g/mol. The van der Waals surface area contributed by atoms with E-state index in [9.17, 15) is 4.79 Å². The maximum atomic E-state index is 11.1. The highest BCUT2D eigenvalue weighted by Gasteiger charge is 2.07. The second-order valence-corrected chi connectivity index (χ2v) is 4.14. The van der Waals surface area contributed by atoms with Crippen molar-refractivity contribution in [2.75, 3.05) is 30.4 Å². The molecule has 0 aromatic carbocycles. The Morgan fingerprint density at radius 1 is 1.47 bits per heavy atom. The van der Waals surface area contributed by atoms with Gasteiger partial charge in [-0.2, -0.15) is 0 Å². The Kier molecular flexibility index (Phi) is 4.87. The molecule has 0 radical (unpaired) electrons. The molecule has 0 aliphatic heterocycles. The Morgan fingerprint density at radius 2 is 2.18 bits per heavy atom. The van der Waals surface area contributed by atoms with E-state index in [0.717, 1.165) is 24.6 Å². The molecule has 1 aromatic rings. The molecule has 0 bridgehead atoms. The Hall–Kier alpha value is -1.65. The highest BCUT2D eigenvalue weighted by molar-refractivity contribution is 5.80. The van der Waals surface area contributed by atoms with Gasteiger partial charge < -0.3 is 10.2 Å². The fourth-order valence-electron chi connectivity index (χ4n) is 1.51. The molecular formula is C12H20N4O. The molecule has 94 valence electrons. The minimum atomic E-state index is 0.117. The number of ketones is 1. The van der Waals surface area contributed by atoms with Crippen molar-refractivity contribution in [2.45, 2.75) is 27.2 Å². The SMILES string of the molecule is CCCNc1cc(N(C)CC(C)=O)nc(C)n1. The summed E-state index contributed by atoms with van der Waals surface area (Å²) in [6.45, 7) is 6.77. The smallest absolute Gasteiger partial charge is 0.149 e. The van der Waals surface area contributed by atoms with Crippen LogP contribution in [0.1, 0.15) is 26.1 Å². The lowest BCUT2D eigenvalue weighted by Gasteiger charge is -2.17. The van der Waals surface area contributed by atoms with Crippen molar-refractivity contribution in [3.05, 3.63) is 11.9 Å². The lowest BCUT2D eigenvalue weighted by atomic mass is 10.4. The first-order chi connectivity index (χ1) is 8.02. The van der Waals surface area contributed by atoms with E-state index < -0.39 is 0 Å². The van der Waals surface area contributed by atoms with Crippen LogP contribution in [0, 0.1) is 6.92 Å². The molecule has 17 heavy (non-hydrogen) atoms. The molecule has 0 aliphatic rings. The first-order valence-corrected chi connectivity index (χ1v) is 5.83.